The van der Waals surface area contributed by atoms with Crippen molar-refractivity contribution >= 4 is 46.7 Å². The van der Waals surface area contributed by atoms with Crippen molar-refractivity contribution in [1.29, 1.82) is 0 Å². The fraction of sp³-hybridized carbons (Fsp3) is 0.125. The molecule has 9 heteroatoms. The van der Waals surface area contributed by atoms with E-state index in [1.165, 1.54) is 12.1 Å². The molecule has 0 atom stereocenters. The van der Waals surface area contributed by atoms with Crippen LogP contribution in [0.4, 0.5) is 5.82 Å². The molecule has 3 N–H and O–H groups in total. The number of carbonyl (C=O) groups is 3. The number of hydrogen-bond acceptors (Lipinski definition) is 4. The monoisotopic (exact) mass is 380 g/mol. The summed E-state index contributed by atoms with van der Waals surface area (Å²) < 4.78 is 0. The number of benzene rings is 1. The highest BCUT2D eigenvalue weighted by Crippen LogP contribution is 2.23. The van der Waals surface area contributed by atoms with E-state index in [9.17, 15) is 14.4 Å². The van der Waals surface area contributed by atoms with Crippen LogP contribution in [0.15, 0.2) is 30.3 Å². The molecule has 3 amide bonds. The molecule has 0 aliphatic carbocycles. The third kappa shape index (κ3) is 4.91. The molecule has 0 radical (unpaired) electrons. The largest absolute Gasteiger partial charge is 0.328 e. The molecule has 25 heavy (non-hydrogen) atoms. The predicted octanol–water partition coefficient (Wildman–Crippen LogP) is 2.40. The van der Waals surface area contributed by atoms with Crippen LogP contribution < -0.4 is 16.2 Å². The van der Waals surface area contributed by atoms with Gasteiger partial charge in [-0.3, -0.25) is 25.2 Å². The summed E-state index contributed by atoms with van der Waals surface area (Å²) in [7, 11) is 0. The zero-order valence-electron chi connectivity index (χ0n) is 13.3. The zero-order valence-corrected chi connectivity index (χ0v) is 14.8. The summed E-state index contributed by atoms with van der Waals surface area (Å²) >= 11 is 11.8. The van der Waals surface area contributed by atoms with Gasteiger partial charge in [-0.05, 0) is 43.7 Å². The van der Waals surface area contributed by atoms with Crippen LogP contribution in [-0.2, 0) is 9.59 Å². The fourth-order valence-electron chi connectivity index (χ4n) is 2.03. The minimum atomic E-state index is -1.07. The lowest BCUT2D eigenvalue weighted by molar-refractivity contribution is -0.136. The zero-order chi connectivity index (χ0) is 18.6. The molecule has 130 valence electrons. The quantitative estimate of drug-likeness (QED) is 0.549. The van der Waals surface area contributed by atoms with E-state index < -0.39 is 17.7 Å². The first kappa shape index (κ1) is 18.7. The van der Waals surface area contributed by atoms with Crippen LogP contribution in [0.2, 0.25) is 10.0 Å². The number of nitrogens with zero attached hydrogens (tertiary/aromatic N) is 1. The van der Waals surface area contributed by atoms with Gasteiger partial charge in [0, 0.05) is 5.69 Å². The van der Waals surface area contributed by atoms with E-state index in [2.05, 4.69) is 15.7 Å². The summed E-state index contributed by atoms with van der Waals surface area (Å²) in [4.78, 5) is 39.8. The van der Waals surface area contributed by atoms with Crippen molar-refractivity contribution in [3.63, 3.8) is 0 Å². The molecule has 0 fully saturated rings. The van der Waals surface area contributed by atoms with Gasteiger partial charge < -0.3 is 5.32 Å². The molecule has 1 aromatic heterocycles. The molecular weight excluding hydrogens is 367 g/mol. The number of nitrogens with one attached hydrogen (secondary N) is 3. The van der Waals surface area contributed by atoms with Crippen molar-refractivity contribution in [2.45, 2.75) is 13.8 Å². The Balaban J connectivity index is 1.97. The van der Waals surface area contributed by atoms with Gasteiger partial charge in [-0.1, -0.05) is 29.3 Å². The first-order chi connectivity index (χ1) is 11.8. The van der Waals surface area contributed by atoms with Gasteiger partial charge in [0.1, 0.15) is 5.82 Å². The van der Waals surface area contributed by atoms with Gasteiger partial charge in [-0.25, -0.2) is 4.98 Å². The topological polar surface area (TPSA) is 100 Å². The Morgan fingerprint density at radius 2 is 1.60 bits per heavy atom. The lowest BCUT2D eigenvalue weighted by Gasteiger charge is -2.10. The van der Waals surface area contributed by atoms with Gasteiger partial charge in [-0.2, -0.15) is 0 Å². The van der Waals surface area contributed by atoms with Gasteiger partial charge in [0.05, 0.1) is 15.6 Å². The van der Waals surface area contributed by atoms with E-state index in [4.69, 9.17) is 23.2 Å². The number of pyridine rings is 1. The normalized spacial score (nSPS) is 10.1. The van der Waals surface area contributed by atoms with E-state index in [1.54, 1.807) is 19.1 Å². The molecule has 0 unspecified atom stereocenters. The van der Waals surface area contributed by atoms with Crippen molar-refractivity contribution in [2.75, 3.05) is 5.32 Å². The smallest absolute Gasteiger partial charge is 0.302 e. The summed E-state index contributed by atoms with van der Waals surface area (Å²) in [6.45, 7) is 3.59. The van der Waals surface area contributed by atoms with Crippen molar-refractivity contribution < 1.29 is 14.4 Å². The molecular formula is C16H14Cl2N4O3. The van der Waals surface area contributed by atoms with Crippen molar-refractivity contribution in [3.05, 3.63) is 57.2 Å². The second-order valence-corrected chi connectivity index (χ2v) is 5.94. The highest BCUT2D eigenvalue weighted by molar-refractivity contribution is 6.41. The maximum Gasteiger partial charge on any atom is 0.328 e. The Labute approximate surface area is 153 Å². The average molecular weight is 381 g/mol. The first-order valence-electron chi connectivity index (χ1n) is 7.09. The number of halogens is 2. The number of anilines is 1. The number of hydrogen-bond donors (Lipinski definition) is 3. The second kappa shape index (κ2) is 7.96. The third-order valence-electron chi connectivity index (χ3n) is 3.02. The average Bonchev–Trinajstić information content (AvgIpc) is 2.51. The Morgan fingerprint density at radius 1 is 0.960 bits per heavy atom. The lowest BCUT2D eigenvalue weighted by Crippen LogP contribution is -2.46. The molecule has 1 heterocycles. The Bertz CT molecular complexity index is 815. The van der Waals surface area contributed by atoms with Crippen LogP contribution >= 0.6 is 23.2 Å². The Kier molecular flexibility index (Phi) is 5.95. The highest BCUT2D eigenvalue weighted by atomic mass is 35.5. The lowest BCUT2D eigenvalue weighted by atomic mass is 10.2. The summed E-state index contributed by atoms with van der Waals surface area (Å²) in [5, 5.41) is 2.57. The number of aromatic nitrogens is 1. The second-order valence-electron chi connectivity index (χ2n) is 5.13. The van der Waals surface area contributed by atoms with Crippen LogP contribution in [0.1, 0.15) is 21.6 Å². The number of amides is 3. The Morgan fingerprint density at radius 3 is 2.20 bits per heavy atom. The Hall–Kier alpha value is -2.64. The molecule has 0 aliphatic heterocycles. The summed E-state index contributed by atoms with van der Waals surface area (Å²) in [6, 6.07) is 7.96. The summed E-state index contributed by atoms with van der Waals surface area (Å²) in [5.74, 6) is -2.57. The molecule has 0 saturated carbocycles. The molecule has 2 rings (SSSR count). The minimum absolute atomic E-state index is 0.0116. The van der Waals surface area contributed by atoms with E-state index >= 15 is 0 Å². The standard InChI is InChI=1S/C16H14Cl2N4O3/c1-8-6-9(2)19-12(7-8)20-15(24)16(25)22-21-14(23)13-10(17)4-3-5-11(13)18/h3-7H,1-2H3,(H,21,23)(H,22,25)(H,19,20,24). The molecule has 2 aromatic rings. The van der Waals surface area contributed by atoms with Crippen LogP contribution in [0.3, 0.4) is 0 Å². The fourth-order valence-corrected chi connectivity index (χ4v) is 2.60. The molecule has 0 spiro atoms. The molecule has 0 bridgehead atoms. The van der Waals surface area contributed by atoms with E-state index in [0.717, 1.165) is 5.56 Å². The number of rotatable bonds is 2. The minimum Gasteiger partial charge on any atom is -0.302 e. The summed E-state index contributed by atoms with van der Waals surface area (Å²) in [5.41, 5.74) is 5.63. The van der Waals surface area contributed by atoms with Gasteiger partial charge in [0.25, 0.3) is 5.91 Å². The van der Waals surface area contributed by atoms with Crippen LogP contribution in [-0.4, -0.2) is 22.7 Å². The van der Waals surface area contributed by atoms with E-state index in [0.29, 0.717) is 5.69 Å². The SMILES string of the molecule is Cc1cc(C)nc(NC(=O)C(=O)NNC(=O)c2c(Cl)cccc2Cl)c1. The van der Waals surface area contributed by atoms with Gasteiger partial charge in [0.2, 0.25) is 0 Å². The first-order valence-corrected chi connectivity index (χ1v) is 7.84. The van der Waals surface area contributed by atoms with Crippen molar-refractivity contribution in [1.82, 2.24) is 15.8 Å². The van der Waals surface area contributed by atoms with Crippen LogP contribution in [0.25, 0.3) is 0 Å². The molecule has 1 aromatic carbocycles. The molecule has 0 aliphatic rings. The predicted molar refractivity (Wildman–Crippen MR) is 94.4 cm³/mol. The summed E-state index contributed by atoms with van der Waals surface area (Å²) in [6.07, 6.45) is 0. The van der Waals surface area contributed by atoms with E-state index in [-0.39, 0.29) is 21.4 Å². The number of aryl methyl sites for hydroxylation is 2. The van der Waals surface area contributed by atoms with Crippen LogP contribution in [0.5, 0.6) is 0 Å². The van der Waals surface area contributed by atoms with Gasteiger partial charge >= 0.3 is 11.8 Å². The maximum absolute atomic E-state index is 12.0. The maximum atomic E-state index is 12.0. The van der Waals surface area contributed by atoms with E-state index in [1.807, 2.05) is 18.4 Å². The third-order valence-corrected chi connectivity index (χ3v) is 3.65. The van der Waals surface area contributed by atoms with Crippen LogP contribution in [0, 0.1) is 13.8 Å². The van der Waals surface area contributed by atoms with Crippen molar-refractivity contribution in [3.8, 4) is 0 Å². The molecule has 0 saturated heterocycles. The number of carbonyl (C=O) groups excluding carboxylic acids is 3. The highest BCUT2D eigenvalue weighted by Gasteiger charge is 2.18. The van der Waals surface area contributed by atoms with Gasteiger partial charge in [-0.15, -0.1) is 0 Å². The number of hydrazine groups is 1. The van der Waals surface area contributed by atoms with Crippen molar-refractivity contribution in [2.24, 2.45) is 0 Å². The van der Waals surface area contributed by atoms with Gasteiger partial charge in [0.15, 0.2) is 0 Å². The molecule has 7 nitrogen and oxygen atoms in total.